The lowest BCUT2D eigenvalue weighted by atomic mass is 9.46. The van der Waals surface area contributed by atoms with Crippen LogP contribution in [0.2, 0.25) is 0 Å². The van der Waals surface area contributed by atoms with Crippen molar-refractivity contribution in [3.05, 3.63) is 35.4 Å². The third-order valence-corrected chi connectivity index (χ3v) is 12.0. The SMILES string of the molecule is OCCOc1ccc(OCCO)c2c(C34CC5CC(CC(C5)C3)C4)ccc(C34CC5CC(CC(C5)C3)C4)c12. The molecule has 4 heteroatoms. The van der Waals surface area contributed by atoms with Crippen LogP contribution in [0.3, 0.4) is 0 Å². The Balaban J connectivity index is 1.36. The van der Waals surface area contributed by atoms with Gasteiger partial charge in [-0.1, -0.05) is 12.1 Å². The monoisotopic (exact) mass is 516 g/mol. The van der Waals surface area contributed by atoms with Crippen LogP contribution in [0.5, 0.6) is 11.5 Å². The van der Waals surface area contributed by atoms with E-state index in [2.05, 4.69) is 24.3 Å². The molecule has 8 bridgehead atoms. The molecule has 2 aromatic rings. The molecule has 0 amide bonds. The van der Waals surface area contributed by atoms with Gasteiger partial charge in [-0.2, -0.15) is 0 Å². The summed E-state index contributed by atoms with van der Waals surface area (Å²) in [6, 6.07) is 9.23. The summed E-state index contributed by atoms with van der Waals surface area (Å²) in [6.45, 7) is 0.666. The van der Waals surface area contributed by atoms with Gasteiger partial charge in [-0.25, -0.2) is 0 Å². The quantitative estimate of drug-likeness (QED) is 0.420. The number of rotatable bonds is 8. The highest BCUT2D eigenvalue weighted by Crippen LogP contribution is 2.65. The maximum absolute atomic E-state index is 9.70. The Morgan fingerprint density at radius 3 is 1.13 bits per heavy atom. The lowest BCUT2D eigenvalue weighted by Gasteiger charge is -2.58. The summed E-state index contributed by atoms with van der Waals surface area (Å²) in [5, 5.41) is 21.9. The van der Waals surface area contributed by atoms with Crippen LogP contribution in [0.1, 0.15) is 88.2 Å². The fourth-order valence-corrected chi connectivity index (χ4v) is 11.7. The largest absolute Gasteiger partial charge is 0.491 e. The van der Waals surface area contributed by atoms with E-state index in [4.69, 9.17) is 9.47 Å². The van der Waals surface area contributed by atoms with Crippen molar-refractivity contribution < 1.29 is 19.7 Å². The van der Waals surface area contributed by atoms with Crippen molar-refractivity contribution in [2.75, 3.05) is 26.4 Å². The van der Waals surface area contributed by atoms with Gasteiger partial charge < -0.3 is 19.7 Å². The number of hydrogen-bond acceptors (Lipinski definition) is 4. The highest BCUT2D eigenvalue weighted by molar-refractivity contribution is 6.00. The predicted molar refractivity (Wildman–Crippen MR) is 149 cm³/mol. The van der Waals surface area contributed by atoms with Crippen molar-refractivity contribution in [1.29, 1.82) is 0 Å². The summed E-state index contributed by atoms with van der Waals surface area (Å²) in [6.07, 6.45) is 16.5. The number of fused-ring (bicyclic) bond motifs is 1. The number of hydrogen-bond donors (Lipinski definition) is 2. The Morgan fingerprint density at radius 2 is 0.842 bits per heavy atom. The molecule has 0 aromatic heterocycles. The van der Waals surface area contributed by atoms with E-state index in [0.29, 0.717) is 13.2 Å². The Labute approximate surface area is 227 Å². The molecule has 2 aromatic carbocycles. The van der Waals surface area contributed by atoms with Crippen molar-refractivity contribution >= 4 is 10.8 Å². The normalized spacial score (nSPS) is 40.3. The topological polar surface area (TPSA) is 58.9 Å². The molecule has 4 nitrogen and oxygen atoms in total. The van der Waals surface area contributed by atoms with Gasteiger partial charge in [0.2, 0.25) is 0 Å². The molecule has 0 spiro atoms. The summed E-state index contributed by atoms with van der Waals surface area (Å²) in [5.41, 5.74) is 3.45. The van der Waals surface area contributed by atoms with E-state index in [-0.39, 0.29) is 24.0 Å². The zero-order valence-electron chi connectivity index (χ0n) is 22.8. The van der Waals surface area contributed by atoms with Gasteiger partial charge in [0.25, 0.3) is 0 Å². The molecule has 8 saturated carbocycles. The summed E-state index contributed by atoms with van der Waals surface area (Å²) in [5.74, 6) is 7.06. The maximum Gasteiger partial charge on any atom is 0.127 e. The van der Waals surface area contributed by atoms with Gasteiger partial charge in [-0.3, -0.25) is 0 Å². The van der Waals surface area contributed by atoms with Gasteiger partial charge in [-0.15, -0.1) is 0 Å². The lowest BCUT2D eigenvalue weighted by Crippen LogP contribution is -2.49. The Kier molecular flexibility index (Phi) is 5.61. The van der Waals surface area contributed by atoms with Crippen LogP contribution in [0.15, 0.2) is 24.3 Å². The van der Waals surface area contributed by atoms with E-state index in [1.54, 1.807) is 0 Å². The van der Waals surface area contributed by atoms with Crippen LogP contribution in [0, 0.1) is 35.5 Å². The molecule has 0 saturated heterocycles. The van der Waals surface area contributed by atoms with Gasteiger partial charge in [0.1, 0.15) is 24.7 Å². The molecular formula is C34H44O4. The Hall–Kier alpha value is -1.78. The molecule has 204 valence electrons. The summed E-state index contributed by atoms with van der Waals surface area (Å²) in [7, 11) is 0. The fourth-order valence-electron chi connectivity index (χ4n) is 11.7. The molecule has 0 heterocycles. The highest BCUT2D eigenvalue weighted by atomic mass is 16.5. The van der Waals surface area contributed by atoms with Crippen LogP contribution < -0.4 is 9.47 Å². The van der Waals surface area contributed by atoms with Crippen LogP contribution in [0.25, 0.3) is 10.8 Å². The van der Waals surface area contributed by atoms with E-state index in [1.165, 1.54) is 98.9 Å². The number of benzene rings is 2. The molecule has 0 unspecified atom stereocenters. The molecule has 0 aliphatic heterocycles. The molecule has 0 atom stereocenters. The average Bonchev–Trinajstić information content (AvgIpc) is 2.88. The zero-order chi connectivity index (χ0) is 25.5. The van der Waals surface area contributed by atoms with Crippen molar-refractivity contribution in [1.82, 2.24) is 0 Å². The molecule has 8 fully saturated rings. The summed E-state index contributed by atoms with van der Waals surface area (Å²) in [4.78, 5) is 0. The minimum absolute atomic E-state index is 0.0195. The van der Waals surface area contributed by atoms with Crippen LogP contribution in [-0.2, 0) is 10.8 Å². The van der Waals surface area contributed by atoms with E-state index >= 15 is 0 Å². The van der Waals surface area contributed by atoms with Gasteiger partial charge in [0, 0.05) is 10.8 Å². The molecule has 10 rings (SSSR count). The molecule has 38 heavy (non-hydrogen) atoms. The zero-order valence-corrected chi connectivity index (χ0v) is 22.8. The van der Waals surface area contributed by atoms with Gasteiger partial charge in [0.05, 0.1) is 13.2 Å². The fraction of sp³-hybridized carbons (Fsp3) is 0.706. The van der Waals surface area contributed by atoms with Gasteiger partial charge >= 0.3 is 0 Å². The number of ether oxygens (including phenoxy) is 2. The predicted octanol–water partition coefficient (Wildman–Crippen LogP) is 6.52. The first-order valence-corrected chi connectivity index (χ1v) is 15.7. The summed E-state index contributed by atoms with van der Waals surface area (Å²) < 4.78 is 12.7. The lowest BCUT2D eigenvalue weighted by molar-refractivity contribution is -0.00598. The van der Waals surface area contributed by atoms with Crippen molar-refractivity contribution in [2.24, 2.45) is 35.5 Å². The smallest absolute Gasteiger partial charge is 0.127 e. The van der Waals surface area contributed by atoms with Gasteiger partial charge in [0.15, 0.2) is 0 Å². The second-order valence-corrected chi connectivity index (χ2v) is 14.5. The molecule has 2 N–H and O–H groups in total. The van der Waals surface area contributed by atoms with Crippen LogP contribution in [0.4, 0.5) is 0 Å². The average molecular weight is 517 g/mol. The number of aliphatic hydroxyl groups is 2. The minimum Gasteiger partial charge on any atom is -0.491 e. The minimum atomic E-state index is 0.0195. The number of aliphatic hydroxyl groups excluding tert-OH is 2. The van der Waals surface area contributed by atoms with Crippen LogP contribution in [-0.4, -0.2) is 36.6 Å². The van der Waals surface area contributed by atoms with E-state index in [0.717, 1.165) is 47.0 Å². The van der Waals surface area contributed by atoms with Crippen molar-refractivity contribution in [3.8, 4) is 11.5 Å². The first-order valence-electron chi connectivity index (χ1n) is 15.7. The Morgan fingerprint density at radius 1 is 0.526 bits per heavy atom. The second kappa shape index (κ2) is 8.86. The summed E-state index contributed by atoms with van der Waals surface area (Å²) >= 11 is 0. The third-order valence-electron chi connectivity index (χ3n) is 12.0. The van der Waals surface area contributed by atoms with E-state index in [1.807, 2.05) is 0 Å². The molecular weight excluding hydrogens is 472 g/mol. The molecule has 8 aliphatic carbocycles. The second-order valence-electron chi connectivity index (χ2n) is 14.5. The standard InChI is InChI=1S/C34H44O4/c35-5-7-37-29-3-4-30(38-8-6-36)32-28(34-18-24-12-25(19-34)14-26(13-24)20-34)2-1-27(31(29)32)33-15-21-9-22(16-33)11-23(10-21)17-33/h1-4,21-26,35-36H,5-20H2. The first-order chi connectivity index (χ1) is 18.6. The Bertz CT molecular complexity index is 1070. The van der Waals surface area contributed by atoms with Crippen molar-refractivity contribution in [3.63, 3.8) is 0 Å². The third kappa shape index (κ3) is 3.61. The van der Waals surface area contributed by atoms with Crippen molar-refractivity contribution in [2.45, 2.75) is 87.9 Å². The molecule has 8 aliphatic rings. The van der Waals surface area contributed by atoms with E-state index in [9.17, 15) is 10.2 Å². The maximum atomic E-state index is 9.70. The first kappa shape index (κ1) is 24.1. The highest BCUT2D eigenvalue weighted by Gasteiger charge is 2.54. The van der Waals surface area contributed by atoms with E-state index < -0.39 is 0 Å². The van der Waals surface area contributed by atoms with Gasteiger partial charge in [-0.05, 0) is 147 Å². The molecule has 0 radical (unpaired) electrons. The van der Waals surface area contributed by atoms with Crippen LogP contribution >= 0.6 is 0 Å².